The van der Waals surface area contributed by atoms with Gasteiger partial charge in [0.1, 0.15) is 18.0 Å². The SMILES string of the molecule is Cc1ccnc(NCCCc2ncn[nH]2)c1. The van der Waals surface area contributed by atoms with Gasteiger partial charge in [-0.2, -0.15) is 5.10 Å². The average Bonchev–Trinajstić information content (AvgIpc) is 2.77. The highest BCUT2D eigenvalue weighted by molar-refractivity contribution is 5.36. The molecular weight excluding hydrogens is 202 g/mol. The molecule has 0 aliphatic rings. The molecule has 0 atom stereocenters. The number of pyridine rings is 1. The quantitative estimate of drug-likeness (QED) is 0.746. The first-order chi connectivity index (χ1) is 7.84. The van der Waals surface area contributed by atoms with E-state index in [1.54, 1.807) is 0 Å². The smallest absolute Gasteiger partial charge is 0.137 e. The molecule has 0 radical (unpaired) electrons. The Morgan fingerprint density at radius 1 is 1.38 bits per heavy atom. The summed E-state index contributed by atoms with van der Waals surface area (Å²) in [6.45, 7) is 2.94. The van der Waals surface area contributed by atoms with Crippen LogP contribution in [0.25, 0.3) is 0 Å². The van der Waals surface area contributed by atoms with Gasteiger partial charge in [-0.25, -0.2) is 9.97 Å². The number of nitrogens with zero attached hydrogens (tertiary/aromatic N) is 3. The van der Waals surface area contributed by atoms with Crippen LogP contribution in [0.1, 0.15) is 17.8 Å². The van der Waals surface area contributed by atoms with Crippen molar-refractivity contribution in [1.82, 2.24) is 20.2 Å². The van der Waals surface area contributed by atoms with Crippen molar-refractivity contribution in [3.05, 3.63) is 36.0 Å². The molecule has 0 saturated carbocycles. The molecule has 0 unspecified atom stereocenters. The zero-order valence-corrected chi connectivity index (χ0v) is 9.27. The van der Waals surface area contributed by atoms with Gasteiger partial charge in [-0.3, -0.25) is 5.10 Å². The lowest BCUT2D eigenvalue weighted by Gasteiger charge is -2.04. The van der Waals surface area contributed by atoms with Crippen molar-refractivity contribution >= 4 is 5.82 Å². The zero-order valence-electron chi connectivity index (χ0n) is 9.27. The van der Waals surface area contributed by atoms with Crippen LogP contribution in [0.3, 0.4) is 0 Å². The van der Waals surface area contributed by atoms with Gasteiger partial charge in [-0.05, 0) is 31.0 Å². The maximum atomic E-state index is 4.23. The summed E-state index contributed by atoms with van der Waals surface area (Å²) >= 11 is 0. The highest BCUT2D eigenvalue weighted by Gasteiger charge is 1.96. The van der Waals surface area contributed by atoms with Crippen molar-refractivity contribution in [3.63, 3.8) is 0 Å². The lowest BCUT2D eigenvalue weighted by Crippen LogP contribution is -2.05. The third kappa shape index (κ3) is 3.05. The second kappa shape index (κ2) is 5.25. The number of aromatic amines is 1. The summed E-state index contributed by atoms with van der Waals surface area (Å²) in [4.78, 5) is 8.29. The number of nitrogens with one attached hydrogen (secondary N) is 2. The second-order valence-corrected chi connectivity index (χ2v) is 3.68. The Morgan fingerprint density at radius 3 is 3.06 bits per heavy atom. The first kappa shape index (κ1) is 10.6. The fourth-order valence-electron chi connectivity index (χ4n) is 1.46. The van der Waals surface area contributed by atoms with Gasteiger partial charge in [0.05, 0.1) is 0 Å². The van der Waals surface area contributed by atoms with Crippen LogP contribution in [-0.4, -0.2) is 26.7 Å². The lowest BCUT2D eigenvalue weighted by atomic mass is 10.3. The Morgan fingerprint density at radius 2 is 2.31 bits per heavy atom. The van der Waals surface area contributed by atoms with E-state index in [-0.39, 0.29) is 0 Å². The maximum Gasteiger partial charge on any atom is 0.137 e. The fraction of sp³-hybridized carbons (Fsp3) is 0.364. The first-order valence-electron chi connectivity index (χ1n) is 5.35. The summed E-state index contributed by atoms with van der Waals surface area (Å²) in [6, 6.07) is 4.02. The number of hydrogen-bond acceptors (Lipinski definition) is 4. The van der Waals surface area contributed by atoms with E-state index in [9.17, 15) is 0 Å². The van der Waals surface area contributed by atoms with Crippen molar-refractivity contribution in [1.29, 1.82) is 0 Å². The first-order valence-corrected chi connectivity index (χ1v) is 5.35. The largest absolute Gasteiger partial charge is 0.370 e. The van der Waals surface area contributed by atoms with E-state index in [0.717, 1.165) is 31.0 Å². The number of aryl methyl sites for hydroxylation is 2. The Hall–Kier alpha value is -1.91. The molecule has 0 aromatic carbocycles. The van der Waals surface area contributed by atoms with Crippen molar-refractivity contribution in [3.8, 4) is 0 Å². The molecule has 2 aromatic heterocycles. The Labute approximate surface area is 94.3 Å². The van der Waals surface area contributed by atoms with Crippen molar-refractivity contribution in [2.24, 2.45) is 0 Å². The van der Waals surface area contributed by atoms with E-state index in [1.165, 1.54) is 11.9 Å². The van der Waals surface area contributed by atoms with Gasteiger partial charge in [0.25, 0.3) is 0 Å². The monoisotopic (exact) mass is 217 g/mol. The molecule has 0 bridgehead atoms. The minimum absolute atomic E-state index is 0.886. The molecule has 84 valence electrons. The molecule has 0 fully saturated rings. The summed E-state index contributed by atoms with van der Waals surface area (Å²) < 4.78 is 0. The van der Waals surface area contributed by atoms with E-state index in [1.807, 2.05) is 18.3 Å². The van der Waals surface area contributed by atoms with Gasteiger partial charge in [0, 0.05) is 19.2 Å². The Bertz CT molecular complexity index is 424. The lowest BCUT2D eigenvalue weighted by molar-refractivity contribution is 0.803. The van der Waals surface area contributed by atoms with Gasteiger partial charge in [0.15, 0.2) is 0 Å². The maximum absolute atomic E-state index is 4.23. The standard InChI is InChI=1S/C11H15N5/c1-9-4-6-13-11(7-9)12-5-2-3-10-14-8-15-16-10/h4,6-8H,2-3,5H2,1H3,(H,12,13)(H,14,15,16). The third-order valence-corrected chi connectivity index (χ3v) is 2.28. The Kier molecular flexibility index (Phi) is 3.48. The topological polar surface area (TPSA) is 66.5 Å². The van der Waals surface area contributed by atoms with E-state index in [0.29, 0.717) is 0 Å². The molecule has 0 spiro atoms. The number of rotatable bonds is 5. The molecule has 16 heavy (non-hydrogen) atoms. The van der Waals surface area contributed by atoms with Gasteiger partial charge >= 0.3 is 0 Å². The minimum atomic E-state index is 0.886. The molecule has 2 rings (SSSR count). The summed E-state index contributed by atoms with van der Waals surface area (Å²) in [5, 5.41) is 9.92. The number of H-pyrrole nitrogens is 1. The van der Waals surface area contributed by atoms with Crippen LogP contribution in [0.5, 0.6) is 0 Å². The summed E-state index contributed by atoms with van der Waals surface area (Å²) in [5.74, 6) is 1.86. The van der Waals surface area contributed by atoms with Crippen LogP contribution in [0.2, 0.25) is 0 Å². The van der Waals surface area contributed by atoms with E-state index in [2.05, 4.69) is 32.4 Å². The number of hydrogen-bond donors (Lipinski definition) is 2. The van der Waals surface area contributed by atoms with E-state index in [4.69, 9.17) is 0 Å². The zero-order chi connectivity index (χ0) is 11.2. The van der Waals surface area contributed by atoms with Crippen LogP contribution in [-0.2, 0) is 6.42 Å². The van der Waals surface area contributed by atoms with Gasteiger partial charge < -0.3 is 5.32 Å². The molecule has 5 nitrogen and oxygen atoms in total. The molecule has 5 heteroatoms. The van der Waals surface area contributed by atoms with Crippen LogP contribution >= 0.6 is 0 Å². The van der Waals surface area contributed by atoms with Crippen molar-refractivity contribution in [2.75, 3.05) is 11.9 Å². The molecule has 0 saturated heterocycles. The fourth-order valence-corrected chi connectivity index (χ4v) is 1.46. The van der Waals surface area contributed by atoms with Crippen LogP contribution < -0.4 is 5.32 Å². The Balaban J connectivity index is 1.72. The van der Waals surface area contributed by atoms with Gasteiger partial charge in [-0.15, -0.1) is 0 Å². The van der Waals surface area contributed by atoms with Crippen LogP contribution in [0.15, 0.2) is 24.7 Å². The van der Waals surface area contributed by atoms with Gasteiger partial charge in [-0.1, -0.05) is 0 Å². The van der Waals surface area contributed by atoms with Gasteiger partial charge in [0.2, 0.25) is 0 Å². The van der Waals surface area contributed by atoms with Crippen LogP contribution in [0.4, 0.5) is 5.82 Å². The molecule has 2 aromatic rings. The molecule has 0 aliphatic heterocycles. The molecule has 2 N–H and O–H groups in total. The van der Waals surface area contributed by atoms with Crippen molar-refractivity contribution in [2.45, 2.75) is 19.8 Å². The molecule has 2 heterocycles. The average molecular weight is 217 g/mol. The van der Waals surface area contributed by atoms with Crippen LogP contribution in [0, 0.1) is 6.92 Å². The van der Waals surface area contributed by atoms with Crippen molar-refractivity contribution < 1.29 is 0 Å². The normalized spacial score (nSPS) is 10.3. The summed E-state index contributed by atoms with van der Waals surface area (Å²) in [7, 11) is 0. The van der Waals surface area contributed by atoms with E-state index >= 15 is 0 Å². The highest BCUT2D eigenvalue weighted by atomic mass is 15.2. The molecule has 0 amide bonds. The number of anilines is 1. The number of aromatic nitrogens is 4. The summed E-state index contributed by atoms with van der Waals surface area (Å²) in [6.07, 6.45) is 5.25. The molecule has 0 aliphatic carbocycles. The molecular formula is C11H15N5. The minimum Gasteiger partial charge on any atom is -0.370 e. The predicted octanol–water partition coefficient (Wildman–Crippen LogP) is 1.55. The van der Waals surface area contributed by atoms with E-state index < -0.39 is 0 Å². The third-order valence-electron chi connectivity index (χ3n) is 2.28. The predicted molar refractivity (Wildman–Crippen MR) is 62.2 cm³/mol. The summed E-state index contributed by atoms with van der Waals surface area (Å²) in [5.41, 5.74) is 1.22. The second-order valence-electron chi connectivity index (χ2n) is 3.68. The highest BCUT2D eigenvalue weighted by Crippen LogP contribution is 2.05.